The topological polar surface area (TPSA) is 58.4 Å². The van der Waals surface area contributed by atoms with Crippen LogP contribution in [0.1, 0.15) is 0 Å². The first kappa shape index (κ1) is 42.2. The van der Waals surface area contributed by atoms with E-state index in [2.05, 4.69) is 261 Å². The molecule has 0 bridgehead atoms. The van der Waals surface area contributed by atoms with Crippen molar-refractivity contribution in [1.29, 1.82) is 0 Å². The predicted octanol–water partition coefficient (Wildman–Crippen LogP) is 17.3. The standard InChI is InChI=1S/C69H43N7/c1-3-18-44(19-4-1)45-34-36-48(37-35-45)75-63-33-16-11-28-55(63)56-39-40-57-58-43-50(74-61-31-14-9-26-53(61)54-27-10-15-32-62(54)74)38-41-64(58)76(66(57)65(56)75)69-71-67(46-20-5-2-6-21-46)70-68(72-69)47-22-17-23-49(42-47)73-59-29-12-7-24-51(59)52-25-8-13-30-60(52)73/h1-43H. The molecular formula is C69H43N7. The lowest BCUT2D eigenvalue weighted by molar-refractivity contribution is 0.953. The van der Waals surface area contributed by atoms with Crippen molar-refractivity contribution in [3.05, 3.63) is 261 Å². The van der Waals surface area contributed by atoms with E-state index in [1.165, 1.54) is 27.1 Å². The summed E-state index contributed by atoms with van der Waals surface area (Å²) in [5.74, 6) is 1.69. The lowest BCUT2D eigenvalue weighted by atomic mass is 10.1. The van der Waals surface area contributed by atoms with Gasteiger partial charge in [0.1, 0.15) is 0 Å². The highest BCUT2D eigenvalue weighted by molar-refractivity contribution is 6.24. The van der Waals surface area contributed by atoms with E-state index in [1.807, 2.05) is 18.2 Å². The van der Waals surface area contributed by atoms with E-state index in [1.54, 1.807) is 0 Å². The van der Waals surface area contributed by atoms with Gasteiger partial charge < -0.3 is 13.7 Å². The Morgan fingerprint density at radius 2 is 0.605 bits per heavy atom. The maximum Gasteiger partial charge on any atom is 0.238 e. The van der Waals surface area contributed by atoms with Crippen LogP contribution >= 0.6 is 0 Å². The van der Waals surface area contributed by atoms with E-state index in [0.29, 0.717) is 17.6 Å². The van der Waals surface area contributed by atoms with Gasteiger partial charge >= 0.3 is 0 Å². The molecule has 0 aliphatic heterocycles. The quantitative estimate of drug-likeness (QED) is 0.160. The maximum atomic E-state index is 5.60. The van der Waals surface area contributed by atoms with Gasteiger partial charge in [-0.1, -0.05) is 188 Å². The molecule has 16 aromatic rings. The third kappa shape index (κ3) is 6.33. The lowest BCUT2D eigenvalue weighted by Crippen LogP contribution is -2.07. The van der Waals surface area contributed by atoms with Crippen LogP contribution in [-0.2, 0) is 0 Å². The molecule has 0 atom stereocenters. The highest BCUT2D eigenvalue weighted by Gasteiger charge is 2.25. The Balaban J connectivity index is 1.00. The number of aromatic nitrogens is 7. The first-order valence-electron chi connectivity index (χ1n) is 25.8. The van der Waals surface area contributed by atoms with E-state index in [9.17, 15) is 0 Å². The molecule has 7 heteroatoms. The summed E-state index contributed by atoms with van der Waals surface area (Å²) in [5, 5.41) is 9.34. The first-order valence-corrected chi connectivity index (χ1v) is 25.8. The second-order valence-electron chi connectivity index (χ2n) is 19.6. The summed E-state index contributed by atoms with van der Waals surface area (Å²) in [6.45, 7) is 0. The number of hydrogen-bond donors (Lipinski definition) is 0. The zero-order chi connectivity index (χ0) is 49.8. The second kappa shape index (κ2) is 16.6. The number of rotatable bonds is 7. The molecule has 0 radical (unpaired) electrons. The highest BCUT2D eigenvalue weighted by atomic mass is 15.2. The molecule has 0 saturated heterocycles. The summed E-state index contributed by atoms with van der Waals surface area (Å²) in [6, 6.07) is 93.3. The predicted molar refractivity (Wildman–Crippen MR) is 313 cm³/mol. The molecule has 0 saturated carbocycles. The van der Waals surface area contributed by atoms with Crippen LogP contribution in [0.4, 0.5) is 0 Å². The summed E-state index contributed by atoms with van der Waals surface area (Å²) in [6.07, 6.45) is 0. The van der Waals surface area contributed by atoms with Crippen LogP contribution in [0.2, 0.25) is 0 Å². The molecule has 354 valence electrons. The molecule has 16 rings (SSSR count). The summed E-state index contributed by atoms with van der Waals surface area (Å²) in [5.41, 5.74) is 16.1. The zero-order valence-electron chi connectivity index (χ0n) is 41.0. The highest BCUT2D eigenvalue weighted by Crippen LogP contribution is 2.44. The Bertz CT molecular complexity index is 4870. The van der Waals surface area contributed by atoms with Crippen LogP contribution in [0.25, 0.3) is 144 Å². The van der Waals surface area contributed by atoms with Gasteiger partial charge in [-0.2, -0.15) is 9.97 Å². The van der Waals surface area contributed by atoms with Gasteiger partial charge in [0, 0.05) is 71.3 Å². The third-order valence-corrected chi connectivity index (χ3v) is 15.4. The van der Waals surface area contributed by atoms with Gasteiger partial charge in [-0.25, -0.2) is 4.98 Å². The van der Waals surface area contributed by atoms with Crippen molar-refractivity contribution in [2.45, 2.75) is 0 Å². The Morgan fingerprint density at radius 3 is 1.17 bits per heavy atom. The van der Waals surface area contributed by atoms with Crippen molar-refractivity contribution >= 4 is 87.2 Å². The first-order chi connectivity index (χ1) is 37.7. The van der Waals surface area contributed by atoms with Crippen molar-refractivity contribution in [1.82, 2.24) is 33.2 Å². The Hall–Kier alpha value is -10.4. The molecule has 0 N–H and O–H groups in total. The number of para-hydroxylation sites is 5. The minimum Gasteiger partial charge on any atom is -0.309 e. The average Bonchev–Trinajstić information content (AvgIpc) is 4.24. The fraction of sp³-hybridized carbons (Fsp3) is 0. The second-order valence-corrected chi connectivity index (χ2v) is 19.6. The number of fused-ring (bicyclic) bond motifs is 13. The summed E-state index contributed by atoms with van der Waals surface area (Å²) < 4.78 is 9.47. The fourth-order valence-corrected chi connectivity index (χ4v) is 12.1. The molecule has 0 fully saturated rings. The molecule has 0 unspecified atom stereocenters. The van der Waals surface area contributed by atoms with E-state index in [0.717, 1.165) is 99.4 Å². The summed E-state index contributed by atoms with van der Waals surface area (Å²) in [4.78, 5) is 16.4. The van der Waals surface area contributed by atoms with E-state index < -0.39 is 0 Å². The van der Waals surface area contributed by atoms with Crippen LogP contribution in [0.3, 0.4) is 0 Å². The van der Waals surface area contributed by atoms with Crippen molar-refractivity contribution in [2.24, 2.45) is 0 Å². The zero-order valence-corrected chi connectivity index (χ0v) is 41.0. The number of benzene rings is 11. The molecule has 0 amide bonds. The van der Waals surface area contributed by atoms with Crippen molar-refractivity contribution < 1.29 is 0 Å². The molecule has 11 aromatic carbocycles. The maximum absolute atomic E-state index is 5.60. The Morgan fingerprint density at radius 1 is 0.211 bits per heavy atom. The van der Waals surface area contributed by atoms with E-state index >= 15 is 0 Å². The van der Waals surface area contributed by atoms with Crippen molar-refractivity contribution in [2.75, 3.05) is 0 Å². The molecular weight excluding hydrogens is 927 g/mol. The van der Waals surface area contributed by atoms with Gasteiger partial charge in [0.15, 0.2) is 11.6 Å². The average molecular weight is 970 g/mol. The van der Waals surface area contributed by atoms with Crippen LogP contribution in [0, 0.1) is 0 Å². The van der Waals surface area contributed by atoms with Crippen LogP contribution in [-0.4, -0.2) is 33.2 Å². The van der Waals surface area contributed by atoms with Gasteiger partial charge in [0.25, 0.3) is 0 Å². The van der Waals surface area contributed by atoms with Crippen molar-refractivity contribution in [3.63, 3.8) is 0 Å². The normalized spacial score (nSPS) is 11.9. The molecule has 5 heterocycles. The van der Waals surface area contributed by atoms with Crippen LogP contribution in [0.15, 0.2) is 261 Å². The summed E-state index contributed by atoms with van der Waals surface area (Å²) >= 11 is 0. The third-order valence-electron chi connectivity index (χ3n) is 15.4. The fourth-order valence-electron chi connectivity index (χ4n) is 12.1. The largest absolute Gasteiger partial charge is 0.309 e. The monoisotopic (exact) mass is 969 g/mol. The van der Waals surface area contributed by atoms with Gasteiger partial charge in [-0.15, -0.1) is 0 Å². The SMILES string of the molecule is c1ccc(-c2ccc(-n3c4ccccc4c4ccc5c6cc(-n7c8ccccc8c8ccccc87)ccc6n(-c6nc(-c7ccccc7)nc(-c7cccc(-n8c9ccccc9c9ccccc98)c7)n6)c5c43)cc2)cc1. The molecule has 0 spiro atoms. The Labute approximate surface area is 436 Å². The minimum atomic E-state index is 0.527. The molecule has 0 aliphatic carbocycles. The smallest absolute Gasteiger partial charge is 0.238 e. The van der Waals surface area contributed by atoms with Crippen LogP contribution < -0.4 is 0 Å². The van der Waals surface area contributed by atoms with Crippen LogP contribution in [0.5, 0.6) is 0 Å². The molecule has 7 nitrogen and oxygen atoms in total. The van der Waals surface area contributed by atoms with Crippen molar-refractivity contribution in [3.8, 4) is 56.9 Å². The molecule has 76 heavy (non-hydrogen) atoms. The number of hydrogen-bond acceptors (Lipinski definition) is 3. The Kier molecular flexibility index (Phi) is 9.20. The van der Waals surface area contributed by atoms with Gasteiger partial charge in [0.05, 0.1) is 44.1 Å². The lowest BCUT2D eigenvalue weighted by Gasteiger charge is -2.14. The molecule has 5 aromatic heterocycles. The van der Waals surface area contributed by atoms with Gasteiger partial charge in [-0.3, -0.25) is 4.57 Å². The molecule has 0 aliphatic rings. The van der Waals surface area contributed by atoms with Gasteiger partial charge in [0.2, 0.25) is 5.95 Å². The summed E-state index contributed by atoms with van der Waals surface area (Å²) in [7, 11) is 0. The number of nitrogens with zero attached hydrogens (tertiary/aromatic N) is 7. The van der Waals surface area contributed by atoms with E-state index in [-0.39, 0.29) is 0 Å². The van der Waals surface area contributed by atoms with Gasteiger partial charge in [-0.05, 0) is 83.9 Å². The minimum absolute atomic E-state index is 0.527. The van der Waals surface area contributed by atoms with E-state index in [4.69, 9.17) is 15.0 Å².